The Balaban J connectivity index is 2.45. The average Bonchev–Trinajstić information content (AvgIpc) is 2.47. The van der Waals surface area contributed by atoms with Crippen molar-refractivity contribution < 1.29 is 4.92 Å². The second-order valence-electron chi connectivity index (χ2n) is 5.37. The molecule has 0 aliphatic rings. The van der Waals surface area contributed by atoms with Crippen molar-refractivity contribution >= 4 is 11.4 Å². The summed E-state index contributed by atoms with van der Waals surface area (Å²) in [5, 5.41) is 14.1. The maximum Gasteiger partial charge on any atom is 0.269 e. The van der Waals surface area contributed by atoms with E-state index >= 15 is 0 Å². The summed E-state index contributed by atoms with van der Waals surface area (Å²) in [6, 6.07) is 6.96. The van der Waals surface area contributed by atoms with Gasteiger partial charge in [0, 0.05) is 23.9 Å². The maximum absolute atomic E-state index is 10.6. The standard InChI is InChI=1S/C17H26N2O2/c1-3-5-6-7-8-10-15(9-4-2)18-16-11-13-17(14-12-16)19(20)21/h4,11-15,18H,2-3,5-10H2,1H3. The number of hydrogen-bond acceptors (Lipinski definition) is 3. The van der Waals surface area contributed by atoms with E-state index < -0.39 is 0 Å². The lowest BCUT2D eigenvalue weighted by atomic mass is 10.0. The molecule has 0 radical (unpaired) electrons. The zero-order valence-corrected chi connectivity index (χ0v) is 12.9. The molecule has 1 aromatic carbocycles. The van der Waals surface area contributed by atoms with Gasteiger partial charge in [-0.2, -0.15) is 0 Å². The third kappa shape index (κ3) is 6.93. The molecular formula is C17H26N2O2. The lowest BCUT2D eigenvalue weighted by Gasteiger charge is -2.18. The molecule has 4 nitrogen and oxygen atoms in total. The lowest BCUT2D eigenvalue weighted by molar-refractivity contribution is -0.384. The van der Waals surface area contributed by atoms with E-state index in [1.165, 1.54) is 44.2 Å². The fraction of sp³-hybridized carbons (Fsp3) is 0.529. The summed E-state index contributed by atoms with van der Waals surface area (Å²) in [6.45, 7) is 6.03. The molecule has 1 aromatic rings. The number of benzene rings is 1. The number of unbranched alkanes of at least 4 members (excludes halogenated alkanes) is 4. The van der Waals surface area contributed by atoms with Gasteiger partial charge in [-0.15, -0.1) is 6.58 Å². The molecule has 0 aliphatic carbocycles. The summed E-state index contributed by atoms with van der Waals surface area (Å²) in [5.74, 6) is 0. The summed E-state index contributed by atoms with van der Waals surface area (Å²) in [6.07, 6.45) is 10.3. The molecule has 116 valence electrons. The third-order valence-electron chi connectivity index (χ3n) is 3.56. The Labute approximate surface area is 127 Å². The number of nitrogens with zero attached hydrogens (tertiary/aromatic N) is 1. The number of nitro benzene ring substituents is 1. The van der Waals surface area contributed by atoms with Gasteiger partial charge in [-0.1, -0.05) is 45.1 Å². The maximum atomic E-state index is 10.6. The highest BCUT2D eigenvalue weighted by atomic mass is 16.6. The van der Waals surface area contributed by atoms with E-state index in [1.54, 1.807) is 12.1 Å². The van der Waals surface area contributed by atoms with Crippen molar-refractivity contribution in [3.8, 4) is 0 Å². The fourth-order valence-corrected chi connectivity index (χ4v) is 2.36. The molecule has 4 heteroatoms. The number of non-ortho nitro benzene ring substituents is 1. The van der Waals surface area contributed by atoms with Crippen LogP contribution in [0.1, 0.15) is 51.9 Å². The fourth-order valence-electron chi connectivity index (χ4n) is 2.36. The second kappa shape index (κ2) is 9.97. The van der Waals surface area contributed by atoms with Crippen molar-refractivity contribution in [2.24, 2.45) is 0 Å². The molecule has 0 amide bonds. The van der Waals surface area contributed by atoms with E-state index in [4.69, 9.17) is 0 Å². The van der Waals surface area contributed by atoms with Gasteiger partial charge in [-0.3, -0.25) is 10.1 Å². The Kier molecular flexibility index (Phi) is 8.17. The minimum atomic E-state index is -0.376. The molecule has 0 aromatic heterocycles. The summed E-state index contributed by atoms with van der Waals surface area (Å²) < 4.78 is 0. The summed E-state index contributed by atoms with van der Waals surface area (Å²) in [4.78, 5) is 10.3. The van der Waals surface area contributed by atoms with Crippen LogP contribution < -0.4 is 5.32 Å². The van der Waals surface area contributed by atoms with Gasteiger partial charge in [0.25, 0.3) is 5.69 Å². The smallest absolute Gasteiger partial charge is 0.269 e. The highest BCUT2D eigenvalue weighted by Gasteiger charge is 2.08. The van der Waals surface area contributed by atoms with Crippen molar-refractivity contribution in [1.82, 2.24) is 0 Å². The van der Waals surface area contributed by atoms with Crippen LogP contribution >= 0.6 is 0 Å². The van der Waals surface area contributed by atoms with E-state index in [9.17, 15) is 10.1 Å². The summed E-state index contributed by atoms with van der Waals surface area (Å²) >= 11 is 0. The quantitative estimate of drug-likeness (QED) is 0.260. The zero-order valence-electron chi connectivity index (χ0n) is 12.9. The zero-order chi connectivity index (χ0) is 15.5. The summed E-state index contributed by atoms with van der Waals surface area (Å²) in [5.41, 5.74) is 1.06. The van der Waals surface area contributed by atoms with Crippen LogP contribution in [0.3, 0.4) is 0 Å². The van der Waals surface area contributed by atoms with Crippen LogP contribution in [-0.2, 0) is 0 Å². The number of nitro groups is 1. The Bertz CT molecular complexity index is 429. The molecule has 0 spiro atoms. The molecule has 0 fully saturated rings. The number of nitrogens with one attached hydrogen (secondary N) is 1. The van der Waals surface area contributed by atoms with E-state index in [0.717, 1.165) is 18.5 Å². The van der Waals surface area contributed by atoms with Crippen molar-refractivity contribution in [1.29, 1.82) is 0 Å². The highest BCUT2D eigenvalue weighted by Crippen LogP contribution is 2.19. The molecule has 1 N–H and O–H groups in total. The predicted molar refractivity (Wildman–Crippen MR) is 88.7 cm³/mol. The molecule has 0 heterocycles. The average molecular weight is 290 g/mol. The SMILES string of the molecule is C=CCC(CCCCCCC)Nc1ccc([N+](=O)[O-])cc1. The topological polar surface area (TPSA) is 55.2 Å². The van der Waals surface area contributed by atoms with Crippen LogP contribution in [0.25, 0.3) is 0 Å². The Hall–Kier alpha value is -1.84. The first-order valence-corrected chi connectivity index (χ1v) is 7.79. The Morgan fingerprint density at radius 2 is 1.90 bits per heavy atom. The van der Waals surface area contributed by atoms with E-state index in [1.807, 2.05) is 6.08 Å². The van der Waals surface area contributed by atoms with E-state index in [-0.39, 0.29) is 10.6 Å². The van der Waals surface area contributed by atoms with E-state index in [0.29, 0.717) is 6.04 Å². The number of rotatable bonds is 11. The molecule has 21 heavy (non-hydrogen) atoms. The van der Waals surface area contributed by atoms with Crippen molar-refractivity contribution in [2.45, 2.75) is 57.9 Å². The van der Waals surface area contributed by atoms with E-state index in [2.05, 4.69) is 18.8 Å². The Morgan fingerprint density at radius 1 is 1.24 bits per heavy atom. The summed E-state index contributed by atoms with van der Waals surface area (Å²) in [7, 11) is 0. The first kappa shape index (κ1) is 17.2. The van der Waals surface area contributed by atoms with Crippen LogP contribution in [0, 0.1) is 10.1 Å². The van der Waals surface area contributed by atoms with Crippen molar-refractivity contribution in [2.75, 3.05) is 5.32 Å². The lowest BCUT2D eigenvalue weighted by Crippen LogP contribution is -2.18. The van der Waals surface area contributed by atoms with Crippen LogP contribution in [0.2, 0.25) is 0 Å². The van der Waals surface area contributed by atoms with Crippen molar-refractivity contribution in [3.05, 3.63) is 47.0 Å². The van der Waals surface area contributed by atoms with Crippen LogP contribution in [0.15, 0.2) is 36.9 Å². The van der Waals surface area contributed by atoms with Gasteiger partial charge in [0.05, 0.1) is 4.92 Å². The number of anilines is 1. The van der Waals surface area contributed by atoms with Crippen LogP contribution in [-0.4, -0.2) is 11.0 Å². The third-order valence-corrected chi connectivity index (χ3v) is 3.56. The monoisotopic (exact) mass is 290 g/mol. The molecule has 1 unspecified atom stereocenters. The molecule has 1 atom stereocenters. The highest BCUT2D eigenvalue weighted by molar-refractivity contribution is 5.49. The van der Waals surface area contributed by atoms with Gasteiger partial charge < -0.3 is 5.32 Å². The molecule has 0 bridgehead atoms. The van der Waals surface area contributed by atoms with Gasteiger partial charge in [-0.05, 0) is 25.0 Å². The van der Waals surface area contributed by atoms with Gasteiger partial charge in [0.2, 0.25) is 0 Å². The minimum absolute atomic E-state index is 0.125. The molecule has 1 rings (SSSR count). The molecule has 0 saturated carbocycles. The first-order valence-electron chi connectivity index (χ1n) is 7.79. The van der Waals surface area contributed by atoms with Crippen LogP contribution in [0.4, 0.5) is 11.4 Å². The van der Waals surface area contributed by atoms with Gasteiger partial charge in [0.1, 0.15) is 0 Å². The molecule has 0 aliphatic heterocycles. The molecular weight excluding hydrogens is 264 g/mol. The molecule has 0 saturated heterocycles. The van der Waals surface area contributed by atoms with Gasteiger partial charge in [0.15, 0.2) is 0 Å². The minimum Gasteiger partial charge on any atom is -0.382 e. The first-order chi connectivity index (χ1) is 10.2. The van der Waals surface area contributed by atoms with Gasteiger partial charge in [-0.25, -0.2) is 0 Å². The van der Waals surface area contributed by atoms with Crippen molar-refractivity contribution in [3.63, 3.8) is 0 Å². The Morgan fingerprint density at radius 3 is 2.48 bits per heavy atom. The second-order valence-corrected chi connectivity index (χ2v) is 5.37. The predicted octanol–water partition coefficient (Wildman–Crippen LogP) is 5.31. The number of hydrogen-bond donors (Lipinski definition) is 1. The van der Waals surface area contributed by atoms with Gasteiger partial charge >= 0.3 is 0 Å². The largest absolute Gasteiger partial charge is 0.382 e. The normalized spacial score (nSPS) is 11.9. The van der Waals surface area contributed by atoms with Crippen LogP contribution in [0.5, 0.6) is 0 Å².